The molecule has 98 valence electrons. The van der Waals surface area contributed by atoms with Crippen LogP contribution in [0.4, 0.5) is 5.82 Å². The minimum Gasteiger partial charge on any atom is -0.369 e. The Hall–Kier alpha value is -1.65. The maximum absolute atomic E-state index is 11.8. The molecule has 0 spiro atoms. The highest BCUT2D eigenvalue weighted by atomic mass is 16.1. The Bertz CT molecular complexity index is 384. The zero-order valence-electron chi connectivity index (χ0n) is 10.8. The molecule has 0 atom stereocenters. The third-order valence-corrected chi connectivity index (χ3v) is 3.28. The summed E-state index contributed by atoms with van der Waals surface area (Å²) in [5.74, 6) is 1.21. The van der Waals surface area contributed by atoms with Crippen LogP contribution >= 0.6 is 0 Å². The Morgan fingerprint density at radius 1 is 1.33 bits per heavy atom. The zero-order chi connectivity index (χ0) is 12.8. The fourth-order valence-electron chi connectivity index (χ4n) is 2.27. The first kappa shape index (κ1) is 12.8. The monoisotopic (exact) mass is 248 g/mol. The Balaban J connectivity index is 1.83. The van der Waals surface area contributed by atoms with Gasteiger partial charge in [0, 0.05) is 13.1 Å². The van der Waals surface area contributed by atoms with E-state index in [2.05, 4.69) is 20.8 Å². The Morgan fingerprint density at radius 2 is 2.11 bits per heavy atom. The van der Waals surface area contributed by atoms with Gasteiger partial charge in [-0.15, -0.1) is 10.2 Å². The molecular formula is C13H20N4O. The van der Waals surface area contributed by atoms with Crippen LogP contribution in [0.1, 0.15) is 43.1 Å². The summed E-state index contributed by atoms with van der Waals surface area (Å²) < 4.78 is 0. The van der Waals surface area contributed by atoms with E-state index >= 15 is 0 Å². The topological polar surface area (TPSA) is 66.9 Å². The van der Waals surface area contributed by atoms with Gasteiger partial charge in [0.05, 0.1) is 0 Å². The average Bonchev–Trinajstić information content (AvgIpc) is 2.90. The predicted molar refractivity (Wildman–Crippen MR) is 70.5 cm³/mol. The summed E-state index contributed by atoms with van der Waals surface area (Å²) in [5.41, 5.74) is 0.384. The lowest BCUT2D eigenvalue weighted by Gasteiger charge is -2.10. The number of anilines is 1. The zero-order valence-corrected chi connectivity index (χ0v) is 10.8. The van der Waals surface area contributed by atoms with Crippen molar-refractivity contribution in [1.82, 2.24) is 15.5 Å². The van der Waals surface area contributed by atoms with E-state index in [0.29, 0.717) is 17.4 Å². The molecule has 0 unspecified atom stereocenters. The van der Waals surface area contributed by atoms with E-state index in [4.69, 9.17) is 0 Å². The summed E-state index contributed by atoms with van der Waals surface area (Å²) in [4.78, 5) is 11.8. The molecule has 1 heterocycles. The molecule has 5 nitrogen and oxygen atoms in total. The lowest BCUT2D eigenvalue weighted by molar-refractivity contribution is 0.0941. The SMILES string of the molecule is CCNc1ccc(C(=O)NCC2CCCC2)nn1. The van der Waals surface area contributed by atoms with E-state index in [1.165, 1.54) is 25.7 Å². The molecule has 2 N–H and O–H groups in total. The molecule has 2 rings (SSSR count). The van der Waals surface area contributed by atoms with E-state index in [1.807, 2.05) is 6.92 Å². The molecule has 1 aliphatic carbocycles. The average molecular weight is 248 g/mol. The molecule has 0 saturated heterocycles. The molecule has 0 aromatic carbocycles. The van der Waals surface area contributed by atoms with Gasteiger partial charge in [-0.3, -0.25) is 4.79 Å². The maximum Gasteiger partial charge on any atom is 0.271 e. The van der Waals surface area contributed by atoms with Crippen molar-refractivity contribution in [3.05, 3.63) is 17.8 Å². The van der Waals surface area contributed by atoms with Gasteiger partial charge < -0.3 is 10.6 Å². The van der Waals surface area contributed by atoms with Crippen LogP contribution in [0, 0.1) is 5.92 Å². The normalized spacial score (nSPS) is 15.6. The minimum atomic E-state index is -0.127. The molecule has 18 heavy (non-hydrogen) atoms. The standard InChI is InChI=1S/C13H20N4O/c1-2-14-12-8-7-11(16-17-12)13(18)15-9-10-5-3-4-6-10/h7-8,10H,2-6,9H2,1H3,(H,14,17)(H,15,18). The Morgan fingerprint density at radius 3 is 2.72 bits per heavy atom. The molecule has 1 aliphatic rings. The number of rotatable bonds is 5. The molecule has 1 amide bonds. The van der Waals surface area contributed by atoms with Gasteiger partial charge in [-0.05, 0) is 37.8 Å². The summed E-state index contributed by atoms with van der Waals surface area (Å²) in [6, 6.07) is 3.48. The Labute approximate surface area is 107 Å². The van der Waals surface area contributed by atoms with Crippen LogP contribution in [0.5, 0.6) is 0 Å². The Kier molecular flexibility index (Phi) is 4.50. The van der Waals surface area contributed by atoms with Crippen molar-refractivity contribution in [2.45, 2.75) is 32.6 Å². The lowest BCUT2D eigenvalue weighted by Crippen LogP contribution is -2.29. The van der Waals surface area contributed by atoms with Crippen molar-refractivity contribution in [2.75, 3.05) is 18.4 Å². The van der Waals surface area contributed by atoms with Gasteiger partial charge >= 0.3 is 0 Å². The highest BCUT2D eigenvalue weighted by molar-refractivity contribution is 5.92. The maximum atomic E-state index is 11.8. The molecule has 1 aromatic rings. The van der Waals surface area contributed by atoms with E-state index in [-0.39, 0.29) is 5.91 Å². The third-order valence-electron chi connectivity index (χ3n) is 3.28. The molecule has 1 saturated carbocycles. The molecule has 5 heteroatoms. The quantitative estimate of drug-likeness (QED) is 0.834. The van der Waals surface area contributed by atoms with Crippen LogP contribution in [0.15, 0.2) is 12.1 Å². The second-order valence-electron chi connectivity index (χ2n) is 4.69. The smallest absolute Gasteiger partial charge is 0.271 e. The fourth-order valence-corrected chi connectivity index (χ4v) is 2.27. The molecule has 0 aliphatic heterocycles. The first-order valence-electron chi connectivity index (χ1n) is 6.65. The van der Waals surface area contributed by atoms with Crippen molar-refractivity contribution in [2.24, 2.45) is 5.92 Å². The number of aromatic nitrogens is 2. The van der Waals surface area contributed by atoms with Crippen molar-refractivity contribution in [3.8, 4) is 0 Å². The highest BCUT2D eigenvalue weighted by Gasteiger charge is 2.16. The van der Waals surface area contributed by atoms with Crippen molar-refractivity contribution in [1.29, 1.82) is 0 Å². The first-order chi connectivity index (χ1) is 8.79. The van der Waals surface area contributed by atoms with Gasteiger partial charge in [-0.25, -0.2) is 0 Å². The van der Waals surface area contributed by atoms with E-state index in [0.717, 1.165) is 13.1 Å². The van der Waals surface area contributed by atoms with Gasteiger partial charge in [-0.1, -0.05) is 12.8 Å². The largest absolute Gasteiger partial charge is 0.369 e. The van der Waals surface area contributed by atoms with Gasteiger partial charge in [0.25, 0.3) is 5.91 Å². The fraction of sp³-hybridized carbons (Fsp3) is 0.615. The number of hydrogen-bond donors (Lipinski definition) is 2. The predicted octanol–water partition coefficient (Wildman–Crippen LogP) is 1.83. The van der Waals surface area contributed by atoms with Gasteiger partial charge in [-0.2, -0.15) is 0 Å². The van der Waals surface area contributed by atoms with Crippen LogP contribution < -0.4 is 10.6 Å². The van der Waals surface area contributed by atoms with Crippen LogP contribution in [0.3, 0.4) is 0 Å². The first-order valence-corrected chi connectivity index (χ1v) is 6.65. The van der Waals surface area contributed by atoms with Gasteiger partial charge in [0.15, 0.2) is 5.69 Å². The van der Waals surface area contributed by atoms with Gasteiger partial charge in [0.2, 0.25) is 0 Å². The van der Waals surface area contributed by atoms with Gasteiger partial charge in [0.1, 0.15) is 5.82 Å². The summed E-state index contributed by atoms with van der Waals surface area (Å²) in [6.45, 7) is 3.54. The van der Waals surface area contributed by atoms with Crippen molar-refractivity contribution < 1.29 is 4.79 Å². The number of nitrogens with zero attached hydrogens (tertiary/aromatic N) is 2. The number of hydrogen-bond acceptors (Lipinski definition) is 4. The molecule has 1 fully saturated rings. The molecular weight excluding hydrogens is 228 g/mol. The summed E-state index contributed by atoms with van der Waals surface area (Å²) in [5, 5.41) is 13.8. The number of nitrogens with one attached hydrogen (secondary N) is 2. The second-order valence-corrected chi connectivity index (χ2v) is 4.69. The van der Waals surface area contributed by atoms with Crippen LogP contribution in [-0.2, 0) is 0 Å². The number of amides is 1. The van der Waals surface area contributed by atoms with Crippen molar-refractivity contribution >= 4 is 11.7 Å². The molecule has 0 bridgehead atoms. The van der Waals surface area contributed by atoms with E-state index in [9.17, 15) is 4.79 Å². The van der Waals surface area contributed by atoms with Crippen LogP contribution in [0.25, 0.3) is 0 Å². The van der Waals surface area contributed by atoms with Crippen molar-refractivity contribution in [3.63, 3.8) is 0 Å². The third kappa shape index (κ3) is 3.42. The van der Waals surface area contributed by atoms with Crippen LogP contribution in [0.2, 0.25) is 0 Å². The number of carbonyl (C=O) groups is 1. The summed E-state index contributed by atoms with van der Waals surface area (Å²) in [6.07, 6.45) is 5.03. The minimum absolute atomic E-state index is 0.127. The highest BCUT2D eigenvalue weighted by Crippen LogP contribution is 2.23. The summed E-state index contributed by atoms with van der Waals surface area (Å²) in [7, 11) is 0. The van der Waals surface area contributed by atoms with E-state index < -0.39 is 0 Å². The molecule has 1 aromatic heterocycles. The van der Waals surface area contributed by atoms with E-state index in [1.54, 1.807) is 12.1 Å². The van der Waals surface area contributed by atoms with Crippen LogP contribution in [-0.4, -0.2) is 29.2 Å². The number of carbonyl (C=O) groups excluding carboxylic acids is 1. The molecule has 0 radical (unpaired) electrons. The summed E-state index contributed by atoms with van der Waals surface area (Å²) >= 11 is 0. The second kappa shape index (κ2) is 6.33. The lowest BCUT2D eigenvalue weighted by atomic mass is 10.1.